The van der Waals surface area contributed by atoms with Crippen molar-refractivity contribution in [3.05, 3.63) is 23.9 Å². The summed E-state index contributed by atoms with van der Waals surface area (Å²) in [5.41, 5.74) is 1.20. The summed E-state index contributed by atoms with van der Waals surface area (Å²) in [6.07, 6.45) is 4.58. The molecule has 2 fully saturated rings. The van der Waals surface area contributed by atoms with Crippen molar-refractivity contribution in [2.24, 2.45) is 10.9 Å². The van der Waals surface area contributed by atoms with E-state index in [2.05, 4.69) is 51.0 Å². The average molecular weight is 486 g/mol. The van der Waals surface area contributed by atoms with Gasteiger partial charge in [-0.25, -0.2) is 4.98 Å². The van der Waals surface area contributed by atoms with Gasteiger partial charge in [0.15, 0.2) is 5.96 Å². The average Bonchev–Trinajstić information content (AvgIpc) is 2.69. The molecule has 3 heterocycles. The summed E-state index contributed by atoms with van der Waals surface area (Å²) in [5.74, 6) is 2.85. The van der Waals surface area contributed by atoms with Crippen molar-refractivity contribution < 1.29 is 0 Å². The monoisotopic (exact) mass is 486 g/mol. The number of piperazine rings is 1. The summed E-state index contributed by atoms with van der Waals surface area (Å²) in [5, 5.41) is 3.50. The van der Waals surface area contributed by atoms with Crippen LogP contribution in [0.15, 0.2) is 23.3 Å². The Hall–Kier alpha value is -1.09. The highest BCUT2D eigenvalue weighted by molar-refractivity contribution is 14.0. The van der Waals surface area contributed by atoms with E-state index >= 15 is 0 Å². The van der Waals surface area contributed by atoms with E-state index in [1.165, 1.54) is 18.4 Å². The van der Waals surface area contributed by atoms with Crippen LogP contribution in [0.4, 0.5) is 5.82 Å². The molecule has 1 aromatic heterocycles. The molecule has 152 valence electrons. The molecule has 0 saturated carbocycles. The van der Waals surface area contributed by atoms with Gasteiger partial charge < -0.3 is 20.0 Å². The summed E-state index contributed by atoms with van der Waals surface area (Å²) in [7, 11) is 1.87. The number of piperidine rings is 1. The standard InChI is InChI=1S/C20H34N6.HI/c1-4-24-10-12-25(13-11-24)19-8-7-18(14-22-19)15-23-20(21-3)26-9-5-6-17(2)16-26;/h7-8,14,17H,4-6,9-13,15-16H2,1-3H3,(H,21,23);1H. The van der Waals surface area contributed by atoms with Crippen LogP contribution in [-0.4, -0.2) is 73.6 Å². The number of aliphatic imine (C=N–C) groups is 1. The van der Waals surface area contributed by atoms with Crippen LogP contribution in [0.3, 0.4) is 0 Å². The second-order valence-corrected chi connectivity index (χ2v) is 7.54. The SMILES string of the molecule is CCN1CCN(c2ccc(CNC(=NC)N3CCCC(C)C3)cn2)CC1.I. The number of rotatable bonds is 4. The van der Waals surface area contributed by atoms with Gasteiger partial charge in [0.05, 0.1) is 0 Å². The molecule has 27 heavy (non-hydrogen) atoms. The van der Waals surface area contributed by atoms with Gasteiger partial charge in [-0.05, 0) is 36.9 Å². The van der Waals surface area contributed by atoms with Gasteiger partial charge in [-0.1, -0.05) is 19.9 Å². The van der Waals surface area contributed by atoms with Crippen LogP contribution in [0.25, 0.3) is 0 Å². The predicted molar refractivity (Wildman–Crippen MR) is 124 cm³/mol. The summed E-state index contributed by atoms with van der Waals surface area (Å²) < 4.78 is 0. The lowest BCUT2D eigenvalue weighted by molar-refractivity contribution is 0.266. The van der Waals surface area contributed by atoms with Crippen LogP contribution in [0, 0.1) is 5.92 Å². The number of hydrogen-bond acceptors (Lipinski definition) is 4. The summed E-state index contributed by atoms with van der Waals surface area (Å²) in [4.78, 5) is 16.4. The minimum absolute atomic E-state index is 0. The van der Waals surface area contributed by atoms with E-state index in [1.807, 2.05) is 13.2 Å². The van der Waals surface area contributed by atoms with Crippen LogP contribution >= 0.6 is 24.0 Å². The smallest absolute Gasteiger partial charge is 0.193 e. The normalized spacial score (nSPS) is 21.7. The van der Waals surface area contributed by atoms with Crippen molar-refractivity contribution in [3.8, 4) is 0 Å². The first kappa shape index (κ1) is 22.2. The first-order valence-electron chi connectivity index (χ1n) is 10.1. The molecular weight excluding hydrogens is 451 g/mol. The Kier molecular flexibility index (Phi) is 9.08. The third-order valence-electron chi connectivity index (χ3n) is 5.57. The molecule has 7 heteroatoms. The molecule has 0 spiro atoms. The van der Waals surface area contributed by atoms with Crippen molar-refractivity contribution in [3.63, 3.8) is 0 Å². The summed E-state index contributed by atoms with van der Waals surface area (Å²) in [6, 6.07) is 4.35. The van der Waals surface area contributed by atoms with Gasteiger partial charge in [-0.2, -0.15) is 0 Å². The number of guanidine groups is 1. The van der Waals surface area contributed by atoms with E-state index in [0.717, 1.165) is 70.1 Å². The predicted octanol–water partition coefficient (Wildman–Crippen LogP) is 2.65. The lowest BCUT2D eigenvalue weighted by Gasteiger charge is -2.34. The molecule has 1 N–H and O–H groups in total. The van der Waals surface area contributed by atoms with E-state index in [0.29, 0.717) is 0 Å². The van der Waals surface area contributed by atoms with E-state index in [9.17, 15) is 0 Å². The maximum absolute atomic E-state index is 4.70. The second-order valence-electron chi connectivity index (χ2n) is 7.54. The van der Waals surface area contributed by atoms with Crippen LogP contribution < -0.4 is 10.2 Å². The van der Waals surface area contributed by atoms with Crippen LogP contribution in [-0.2, 0) is 6.54 Å². The number of halogens is 1. The highest BCUT2D eigenvalue weighted by Crippen LogP contribution is 2.16. The number of aromatic nitrogens is 1. The molecule has 1 unspecified atom stereocenters. The molecule has 0 amide bonds. The van der Waals surface area contributed by atoms with Gasteiger partial charge in [0.25, 0.3) is 0 Å². The highest BCUT2D eigenvalue weighted by Gasteiger charge is 2.19. The zero-order valence-corrected chi connectivity index (χ0v) is 19.4. The Labute approximate surface area is 181 Å². The Morgan fingerprint density at radius 2 is 2.00 bits per heavy atom. The third kappa shape index (κ3) is 6.20. The molecule has 1 atom stereocenters. The Morgan fingerprint density at radius 1 is 1.22 bits per heavy atom. The number of pyridine rings is 1. The number of nitrogens with one attached hydrogen (secondary N) is 1. The topological polar surface area (TPSA) is 47.0 Å². The molecule has 0 aromatic carbocycles. The molecule has 1 aromatic rings. The summed E-state index contributed by atoms with van der Waals surface area (Å²) in [6.45, 7) is 13.1. The van der Waals surface area contributed by atoms with Crippen molar-refractivity contribution in [2.45, 2.75) is 33.2 Å². The van der Waals surface area contributed by atoms with Crippen molar-refractivity contribution >= 4 is 35.8 Å². The highest BCUT2D eigenvalue weighted by atomic mass is 127. The van der Waals surface area contributed by atoms with Gasteiger partial charge in [-0.3, -0.25) is 4.99 Å². The number of anilines is 1. The zero-order valence-electron chi connectivity index (χ0n) is 17.0. The molecule has 2 aliphatic rings. The molecule has 0 aliphatic carbocycles. The van der Waals surface area contributed by atoms with Gasteiger partial charge in [0, 0.05) is 59.1 Å². The van der Waals surface area contributed by atoms with Crippen LogP contribution in [0.5, 0.6) is 0 Å². The fourth-order valence-corrected chi connectivity index (χ4v) is 3.90. The Bertz CT molecular complexity index is 583. The largest absolute Gasteiger partial charge is 0.354 e. The molecule has 3 rings (SSSR count). The first-order chi connectivity index (χ1) is 12.7. The number of likely N-dealkylation sites (tertiary alicyclic amines) is 1. The fraction of sp³-hybridized carbons (Fsp3) is 0.700. The first-order valence-corrected chi connectivity index (χ1v) is 10.1. The number of nitrogens with zero attached hydrogens (tertiary/aromatic N) is 5. The molecule has 0 bridgehead atoms. The van der Waals surface area contributed by atoms with E-state index < -0.39 is 0 Å². The van der Waals surface area contributed by atoms with Gasteiger partial charge >= 0.3 is 0 Å². The third-order valence-corrected chi connectivity index (χ3v) is 5.57. The molecule has 2 aliphatic heterocycles. The lowest BCUT2D eigenvalue weighted by Crippen LogP contribution is -2.46. The maximum atomic E-state index is 4.70. The van der Waals surface area contributed by atoms with Gasteiger partial charge in [0.1, 0.15) is 5.82 Å². The summed E-state index contributed by atoms with van der Waals surface area (Å²) >= 11 is 0. The Balaban J connectivity index is 0.00000261. The van der Waals surface area contributed by atoms with Crippen LogP contribution in [0.1, 0.15) is 32.3 Å². The number of likely N-dealkylation sites (N-methyl/N-ethyl adjacent to an activating group) is 1. The molecule has 6 nitrogen and oxygen atoms in total. The molecule has 2 saturated heterocycles. The van der Waals surface area contributed by atoms with E-state index in [4.69, 9.17) is 4.98 Å². The van der Waals surface area contributed by atoms with Gasteiger partial charge in [-0.15, -0.1) is 24.0 Å². The maximum Gasteiger partial charge on any atom is 0.193 e. The second kappa shape index (κ2) is 11.0. The van der Waals surface area contributed by atoms with Crippen molar-refractivity contribution in [1.82, 2.24) is 20.1 Å². The van der Waals surface area contributed by atoms with Crippen molar-refractivity contribution in [1.29, 1.82) is 0 Å². The van der Waals surface area contributed by atoms with Crippen LogP contribution in [0.2, 0.25) is 0 Å². The zero-order chi connectivity index (χ0) is 18.4. The quantitative estimate of drug-likeness (QED) is 0.403. The van der Waals surface area contributed by atoms with Crippen molar-refractivity contribution in [2.75, 3.05) is 57.8 Å². The lowest BCUT2D eigenvalue weighted by atomic mass is 10.0. The number of hydrogen-bond donors (Lipinski definition) is 1. The van der Waals surface area contributed by atoms with Gasteiger partial charge in [0.2, 0.25) is 0 Å². The minimum atomic E-state index is 0. The molecular formula is C20H35IN6. The minimum Gasteiger partial charge on any atom is -0.354 e. The molecule has 0 radical (unpaired) electrons. The Morgan fingerprint density at radius 3 is 2.59 bits per heavy atom. The van der Waals surface area contributed by atoms with E-state index in [-0.39, 0.29) is 24.0 Å². The fourth-order valence-electron chi connectivity index (χ4n) is 3.90. The van der Waals surface area contributed by atoms with E-state index in [1.54, 1.807) is 0 Å².